The number of thioether (sulfide) groups is 1. The molecule has 38 heavy (non-hydrogen) atoms. The molecule has 11 heteroatoms. The largest absolute Gasteiger partial charge is 0.493 e. The predicted octanol–water partition coefficient (Wildman–Crippen LogP) is 3.34. The Morgan fingerprint density at radius 3 is 2.61 bits per heavy atom. The Morgan fingerprint density at radius 1 is 1.11 bits per heavy atom. The third-order valence-corrected chi connectivity index (χ3v) is 6.89. The van der Waals surface area contributed by atoms with Crippen LogP contribution in [0, 0.1) is 0 Å². The van der Waals surface area contributed by atoms with Gasteiger partial charge in [-0.25, -0.2) is 9.79 Å². The van der Waals surface area contributed by atoms with Crippen LogP contribution in [0.2, 0.25) is 0 Å². The van der Waals surface area contributed by atoms with E-state index in [1.54, 1.807) is 52.3 Å². The van der Waals surface area contributed by atoms with Crippen molar-refractivity contribution in [3.63, 3.8) is 0 Å². The SMILES string of the molecule is CCN1C(=O)/C(=C\c2ccc(OCC(=O)OC)c(OC)c2)SC1=Nc1cccc(C(=O)N2CCOCC2)c1. The quantitative estimate of drug-likeness (QED) is 0.371. The lowest BCUT2D eigenvalue weighted by molar-refractivity contribution is -0.142. The molecule has 0 unspecified atom stereocenters. The van der Waals surface area contributed by atoms with Crippen LogP contribution in [0.15, 0.2) is 52.4 Å². The van der Waals surface area contributed by atoms with Gasteiger partial charge in [-0.05, 0) is 60.7 Å². The Kier molecular flexibility index (Phi) is 9.03. The van der Waals surface area contributed by atoms with Crippen LogP contribution in [0.5, 0.6) is 11.5 Å². The fourth-order valence-electron chi connectivity index (χ4n) is 3.88. The summed E-state index contributed by atoms with van der Waals surface area (Å²) in [7, 11) is 2.78. The number of morpholine rings is 1. The Hall–Kier alpha value is -3.83. The van der Waals surface area contributed by atoms with Crippen molar-refractivity contribution in [2.75, 3.05) is 53.7 Å². The van der Waals surface area contributed by atoms with Crippen molar-refractivity contribution in [3.05, 3.63) is 58.5 Å². The van der Waals surface area contributed by atoms with Crippen LogP contribution in [0.3, 0.4) is 0 Å². The summed E-state index contributed by atoms with van der Waals surface area (Å²) in [5, 5.41) is 0.532. The number of carbonyl (C=O) groups is 3. The Labute approximate surface area is 225 Å². The number of esters is 1. The molecule has 0 N–H and O–H groups in total. The molecule has 0 spiro atoms. The average molecular weight is 540 g/mol. The average Bonchev–Trinajstić information content (AvgIpc) is 3.24. The Bertz CT molecular complexity index is 1270. The van der Waals surface area contributed by atoms with Crippen molar-refractivity contribution < 1.29 is 33.3 Å². The molecular weight excluding hydrogens is 510 g/mol. The number of likely N-dealkylation sites (N-methyl/N-ethyl adjacent to an activating group) is 1. The molecule has 10 nitrogen and oxygen atoms in total. The molecule has 0 bridgehead atoms. The van der Waals surface area contributed by atoms with Crippen LogP contribution in [0.25, 0.3) is 6.08 Å². The molecule has 200 valence electrons. The molecule has 2 aromatic carbocycles. The molecule has 2 heterocycles. The van der Waals surface area contributed by atoms with E-state index in [1.165, 1.54) is 26.0 Å². The first-order valence-corrected chi connectivity index (χ1v) is 12.9. The molecule has 2 saturated heterocycles. The molecule has 2 aliphatic heterocycles. The number of ether oxygens (including phenoxy) is 4. The van der Waals surface area contributed by atoms with Gasteiger partial charge in [-0.2, -0.15) is 0 Å². The van der Waals surface area contributed by atoms with E-state index in [2.05, 4.69) is 4.74 Å². The molecule has 0 atom stereocenters. The summed E-state index contributed by atoms with van der Waals surface area (Å²) in [5.41, 5.74) is 1.86. The number of amides is 2. The Morgan fingerprint density at radius 2 is 1.89 bits per heavy atom. The first-order chi connectivity index (χ1) is 18.4. The van der Waals surface area contributed by atoms with Crippen LogP contribution < -0.4 is 9.47 Å². The van der Waals surface area contributed by atoms with Crippen molar-refractivity contribution in [3.8, 4) is 11.5 Å². The number of carbonyl (C=O) groups excluding carboxylic acids is 3. The van der Waals surface area contributed by atoms with Crippen LogP contribution in [-0.2, 0) is 19.1 Å². The number of hydrogen-bond donors (Lipinski definition) is 0. The zero-order valence-corrected chi connectivity index (χ0v) is 22.3. The molecule has 2 fully saturated rings. The topological polar surface area (TPSA) is 107 Å². The number of hydrogen-bond acceptors (Lipinski definition) is 9. The van der Waals surface area contributed by atoms with E-state index in [-0.39, 0.29) is 18.4 Å². The van der Waals surface area contributed by atoms with Gasteiger partial charge in [0.25, 0.3) is 11.8 Å². The maximum absolute atomic E-state index is 13.1. The number of methoxy groups -OCH3 is 2. The van der Waals surface area contributed by atoms with Crippen LogP contribution in [0.4, 0.5) is 5.69 Å². The lowest BCUT2D eigenvalue weighted by Crippen LogP contribution is -2.40. The number of aliphatic imine (C=N–C) groups is 1. The van der Waals surface area contributed by atoms with Gasteiger partial charge in [0.15, 0.2) is 23.3 Å². The van der Waals surface area contributed by atoms with Crippen molar-refractivity contribution in [1.29, 1.82) is 0 Å². The number of amidine groups is 1. The number of benzene rings is 2. The molecule has 4 rings (SSSR count). The normalized spacial score (nSPS) is 17.7. The van der Waals surface area contributed by atoms with Crippen molar-refractivity contribution >= 4 is 46.5 Å². The van der Waals surface area contributed by atoms with Crippen molar-refractivity contribution in [1.82, 2.24) is 9.80 Å². The minimum Gasteiger partial charge on any atom is -0.493 e. The Balaban J connectivity index is 1.54. The summed E-state index contributed by atoms with van der Waals surface area (Å²) < 4.78 is 20.8. The molecule has 2 amide bonds. The van der Waals surface area contributed by atoms with Gasteiger partial charge < -0.3 is 23.8 Å². The van der Waals surface area contributed by atoms with E-state index in [9.17, 15) is 14.4 Å². The monoisotopic (exact) mass is 539 g/mol. The highest BCUT2D eigenvalue weighted by molar-refractivity contribution is 8.18. The third-order valence-electron chi connectivity index (χ3n) is 5.88. The molecule has 2 aromatic rings. The van der Waals surface area contributed by atoms with Gasteiger partial charge in [0.1, 0.15) is 0 Å². The van der Waals surface area contributed by atoms with Gasteiger partial charge in [0, 0.05) is 25.2 Å². The van der Waals surface area contributed by atoms with E-state index in [4.69, 9.17) is 19.2 Å². The minimum absolute atomic E-state index is 0.0635. The highest BCUT2D eigenvalue weighted by Crippen LogP contribution is 2.36. The van der Waals surface area contributed by atoms with E-state index in [0.717, 1.165) is 5.56 Å². The van der Waals surface area contributed by atoms with Crippen LogP contribution in [-0.4, -0.2) is 86.4 Å². The van der Waals surface area contributed by atoms with Crippen LogP contribution >= 0.6 is 11.8 Å². The van der Waals surface area contributed by atoms with Gasteiger partial charge in [0.2, 0.25) is 0 Å². The van der Waals surface area contributed by atoms with Gasteiger partial charge in [-0.15, -0.1) is 0 Å². The van der Waals surface area contributed by atoms with Gasteiger partial charge in [-0.3, -0.25) is 14.5 Å². The summed E-state index contributed by atoms with van der Waals surface area (Å²) in [6, 6.07) is 12.3. The molecule has 0 aliphatic carbocycles. The van der Waals surface area contributed by atoms with Crippen LogP contribution in [0.1, 0.15) is 22.8 Å². The maximum atomic E-state index is 13.1. The van der Waals surface area contributed by atoms with Gasteiger partial charge in [0.05, 0.1) is 38.0 Å². The summed E-state index contributed by atoms with van der Waals surface area (Å²) in [6.45, 7) is 4.26. The first-order valence-electron chi connectivity index (χ1n) is 12.1. The standard InChI is InChI=1S/C27H29N3O7S/c1-4-30-26(33)23(15-18-8-9-21(22(14-18)34-2)37-17-24(31)35-3)38-27(30)28-20-7-5-6-19(16-20)25(32)29-10-12-36-13-11-29/h5-9,14-16H,4,10-13,17H2,1-3H3/b23-15+,28-27?. The zero-order valence-electron chi connectivity index (χ0n) is 21.5. The van der Waals surface area contributed by atoms with Gasteiger partial charge in [-0.1, -0.05) is 12.1 Å². The highest BCUT2D eigenvalue weighted by atomic mass is 32.2. The fourth-order valence-corrected chi connectivity index (χ4v) is 4.94. The second-order valence-corrected chi connectivity index (χ2v) is 9.29. The minimum atomic E-state index is -0.506. The molecule has 2 aliphatic rings. The molecule has 0 saturated carbocycles. The van der Waals surface area contributed by atoms with Gasteiger partial charge >= 0.3 is 5.97 Å². The summed E-state index contributed by atoms with van der Waals surface area (Å²) >= 11 is 1.26. The molecular formula is C27H29N3O7S. The number of nitrogens with zero attached hydrogens (tertiary/aromatic N) is 3. The number of rotatable bonds is 8. The zero-order chi connectivity index (χ0) is 27.1. The summed E-state index contributed by atoms with van der Waals surface area (Å²) in [6.07, 6.45) is 1.75. The molecule has 0 aromatic heterocycles. The lowest BCUT2D eigenvalue weighted by Gasteiger charge is -2.26. The summed E-state index contributed by atoms with van der Waals surface area (Å²) in [4.78, 5) is 46.0. The third kappa shape index (κ3) is 6.35. The molecule has 0 radical (unpaired) electrons. The maximum Gasteiger partial charge on any atom is 0.343 e. The van der Waals surface area contributed by atoms with Crippen molar-refractivity contribution in [2.45, 2.75) is 6.92 Å². The van der Waals surface area contributed by atoms with E-state index in [0.29, 0.717) is 65.7 Å². The van der Waals surface area contributed by atoms with E-state index in [1.807, 2.05) is 13.0 Å². The predicted molar refractivity (Wildman–Crippen MR) is 144 cm³/mol. The smallest absolute Gasteiger partial charge is 0.343 e. The second-order valence-electron chi connectivity index (χ2n) is 8.28. The first kappa shape index (κ1) is 27.2. The fraction of sp³-hybridized carbons (Fsp3) is 0.333. The highest BCUT2D eigenvalue weighted by Gasteiger charge is 2.32. The summed E-state index contributed by atoms with van der Waals surface area (Å²) in [5.74, 6) is 0.0675. The van der Waals surface area contributed by atoms with Crippen molar-refractivity contribution in [2.24, 2.45) is 4.99 Å². The lowest BCUT2D eigenvalue weighted by atomic mass is 10.1. The van der Waals surface area contributed by atoms with E-state index >= 15 is 0 Å². The second kappa shape index (κ2) is 12.6. The van der Waals surface area contributed by atoms with E-state index < -0.39 is 5.97 Å².